The minimum absolute atomic E-state index is 0.0646. The highest BCUT2D eigenvalue weighted by molar-refractivity contribution is 5.97. The Morgan fingerprint density at radius 2 is 1.91 bits per heavy atom. The van der Waals surface area contributed by atoms with Crippen LogP contribution in [0.1, 0.15) is 45.1 Å². The summed E-state index contributed by atoms with van der Waals surface area (Å²) >= 11 is 0. The van der Waals surface area contributed by atoms with Gasteiger partial charge in [0.2, 0.25) is 0 Å². The van der Waals surface area contributed by atoms with Gasteiger partial charge in [-0.2, -0.15) is 5.10 Å². The molecule has 0 spiro atoms. The number of Topliss-reactive ketones (excluding diaryl/α,β-unsaturated/α-hetero) is 1. The minimum Gasteiger partial charge on any atom is -0.349 e. The molecule has 0 saturated heterocycles. The lowest BCUT2D eigenvalue weighted by atomic mass is 10.0. The van der Waals surface area contributed by atoms with Gasteiger partial charge in [-0.25, -0.2) is 0 Å². The van der Waals surface area contributed by atoms with E-state index in [1.54, 1.807) is 0 Å². The molecular weight excluding hydrogens is 292 g/mol. The number of hydrogen-bond donors (Lipinski definition) is 2. The second-order valence-corrected chi connectivity index (χ2v) is 5.82. The van der Waals surface area contributed by atoms with Crippen molar-refractivity contribution in [2.24, 2.45) is 0 Å². The van der Waals surface area contributed by atoms with Crippen LogP contribution in [0.4, 0.5) is 0 Å². The largest absolute Gasteiger partial charge is 0.349 e. The predicted octanol–water partition coefficient (Wildman–Crippen LogP) is 1.95. The van der Waals surface area contributed by atoms with Crippen molar-refractivity contribution in [3.63, 3.8) is 0 Å². The van der Waals surface area contributed by atoms with Gasteiger partial charge in [-0.05, 0) is 32.6 Å². The van der Waals surface area contributed by atoms with Crippen LogP contribution in [0, 0.1) is 6.92 Å². The molecule has 1 aromatic heterocycles. The van der Waals surface area contributed by atoms with Crippen molar-refractivity contribution in [3.8, 4) is 0 Å². The van der Waals surface area contributed by atoms with Crippen LogP contribution in [0.2, 0.25) is 0 Å². The van der Waals surface area contributed by atoms with Gasteiger partial charge in [0.15, 0.2) is 5.78 Å². The molecule has 6 heteroatoms. The second-order valence-electron chi connectivity index (χ2n) is 5.82. The summed E-state index contributed by atoms with van der Waals surface area (Å²) in [6, 6.07) is 9.78. The number of nitrogens with zero attached hydrogens (tertiary/aromatic N) is 2. The van der Waals surface area contributed by atoms with E-state index in [-0.39, 0.29) is 29.1 Å². The summed E-state index contributed by atoms with van der Waals surface area (Å²) in [6.07, 6.45) is 0. The van der Waals surface area contributed by atoms with Crippen LogP contribution in [0.15, 0.2) is 30.3 Å². The summed E-state index contributed by atoms with van der Waals surface area (Å²) in [5.74, 6) is -0.449. The van der Waals surface area contributed by atoms with E-state index in [0.717, 1.165) is 5.56 Å². The van der Waals surface area contributed by atoms with E-state index < -0.39 is 0 Å². The highest BCUT2D eigenvalue weighted by Gasteiger charge is 2.17. The van der Waals surface area contributed by atoms with Crippen LogP contribution in [0.3, 0.4) is 0 Å². The van der Waals surface area contributed by atoms with Crippen molar-refractivity contribution < 1.29 is 9.59 Å². The van der Waals surface area contributed by atoms with E-state index >= 15 is 0 Å². The van der Waals surface area contributed by atoms with E-state index in [1.807, 2.05) is 21.0 Å². The first-order valence-electron chi connectivity index (χ1n) is 7.46. The molecule has 2 aromatic rings. The first kappa shape index (κ1) is 16.9. The van der Waals surface area contributed by atoms with Gasteiger partial charge in [0.05, 0.1) is 6.04 Å². The third kappa shape index (κ3) is 4.26. The lowest BCUT2D eigenvalue weighted by molar-refractivity contribution is 0.0936. The van der Waals surface area contributed by atoms with E-state index in [0.29, 0.717) is 6.54 Å². The van der Waals surface area contributed by atoms with Crippen LogP contribution in [-0.2, 0) is 0 Å². The summed E-state index contributed by atoms with van der Waals surface area (Å²) < 4.78 is 0. The normalized spacial score (nSPS) is 12.2. The first-order valence-corrected chi connectivity index (χ1v) is 7.46. The number of nitrogens with one attached hydrogen (secondary N) is 2. The number of likely N-dealkylation sites (N-methyl/N-ethyl adjacent to an activating group) is 1. The second kappa shape index (κ2) is 7.19. The summed E-state index contributed by atoms with van der Waals surface area (Å²) in [4.78, 5) is 25.5. The van der Waals surface area contributed by atoms with Crippen LogP contribution in [0.25, 0.3) is 0 Å². The quantitative estimate of drug-likeness (QED) is 0.799. The van der Waals surface area contributed by atoms with Crippen molar-refractivity contribution in [1.29, 1.82) is 0 Å². The fraction of sp³-hybridized carbons (Fsp3) is 0.353. The van der Waals surface area contributed by atoms with Gasteiger partial charge in [-0.1, -0.05) is 29.8 Å². The zero-order chi connectivity index (χ0) is 17.0. The van der Waals surface area contributed by atoms with Crippen LogP contribution in [0.5, 0.6) is 0 Å². The third-order valence-corrected chi connectivity index (χ3v) is 3.72. The van der Waals surface area contributed by atoms with Gasteiger partial charge >= 0.3 is 0 Å². The molecule has 0 bridgehead atoms. The number of aryl methyl sites for hydroxylation is 1. The Balaban J connectivity index is 2.04. The van der Waals surface area contributed by atoms with Crippen molar-refractivity contribution in [1.82, 2.24) is 20.4 Å². The number of rotatable bonds is 6. The van der Waals surface area contributed by atoms with Crippen molar-refractivity contribution in [2.75, 3.05) is 20.6 Å². The Morgan fingerprint density at radius 1 is 1.26 bits per heavy atom. The molecule has 6 nitrogen and oxygen atoms in total. The topological polar surface area (TPSA) is 78.1 Å². The molecule has 0 fully saturated rings. The number of aromatic nitrogens is 2. The number of amides is 1. The van der Waals surface area contributed by atoms with Gasteiger partial charge in [0.25, 0.3) is 5.91 Å². The smallest absolute Gasteiger partial charge is 0.269 e. The van der Waals surface area contributed by atoms with Gasteiger partial charge in [-0.3, -0.25) is 14.7 Å². The summed E-state index contributed by atoms with van der Waals surface area (Å²) in [6.45, 7) is 3.92. The van der Waals surface area contributed by atoms with Gasteiger partial charge < -0.3 is 10.2 Å². The molecule has 1 amide bonds. The van der Waals surface area contributed by atoms with E-state index in [9.17, 15) is 9.59 Å². The average Bonchev–Trinajstić information content (AvgIpc) is 2.99. The fourth-order valence-corrected chi connectivity index (χ4v) is 2.29. The molecule has 2 rings (SSSR count). The molecule has 0 unspecified atom stereocenters. The SMILES string of the molecule is CC(=O)c1cc(C(=O)NC[C@@H](c2ccc(C)cc2)N(C)C)[nH]n1. The van der Waals surface area contributed by atoms with Crippen LogP contribution >= 0.6 is 0 Å². The van der Waals surface area contributed by atoms with Gasteiger partial charge in [0, 0.05) is 13.5 Å². The lowest BCUT2D eigenvalue weighted by Gasteiger charge is -2.25. The fourth-order valence-electron chi connectivity index (χ4n) is 2.29. The molecular formula is C17H22N4O2. The number of H-pyrrole nitrogens is 1. The Labute approximate surface area is 135 Å². The third-order valence-electron chi connectivity index (χ3n) is 3.72. The Bertz CT molecular complexity index is 689. The zero-order valence-electron chi connectivity index (χ0n) is 13.9. The number of carbonyl (C=O) groups excluding carboxylic acids is 2. The Kier molecular flexibility index (Phi) is 5.28. The van der Waals surface area contributed by atoms with Gasteiger partial charge in [-0.15, -0.1) is 0 Å². The number of ketones is 1. The Hall–Kier alpha value is -2.47. The zero-order valence-corrected chi connectivity index (χ0v) is 13.9. The molecule has 122 valence electrons. The number of benzene rings is 1. The minimum atomic E-state index is -0.274. The lowest BCUT2D eigenvalue weighted by Crippen LogP contribution is -2.34. The average molecular weight is 314 g/mol. The van der Waals surface area contributed by atoms with Crippen LogP contribution in [-0.4, -0.2) is 47.4 Å². The first-order chi connectivity index (χ1) is 10.9. The molecule has 0 aliphatic carbocycles. The highest BCUT2D eigenvalue weighted by Crippen LogP contribution is 2.18. The maximum atomic E-state index is 12.2. The van der Waals surface area contributed by atoms with E-state index in [4.69, 9.17) is 0 Å². The van der Waals surface area contributed by atoms with Crippen molar-refractivity contribution in [3.05, 3.63) is 52.8 Å². The standard InChI is InChI=1S/C17H22N4O2/c1-11-5-7-13(8-6-11)16(21(3)4)10-18-17(23)15-9-14(12(2)22)19-20-15/h5-9,16H,10H2,1-4H3,(H,18,23)(H,19,20)/t16-/m0/s1. The van der Waals surface area contributed by atoms with Gasteiger partial charge in [0.1, 0.15) is 11.4 Å². The molecule has 2 N–H and O–H groups in total. The molecule has 1 heterocycles. The van der Waals surface area contributed by atoms with Crippen molar-refractivity contribution >= 4 is 11.7 Å². The molecule has 0 radical (unpaired) electrons. The van der Waals surface area contributed by atoms with Crippen molar-refractivity contribution in [2.45, 2.75) is 19.9 Å². The number of hydrogen-bond acceptors (Lipinski definition) is 4. The molecule has 1 aromatic carbocycles. The summed E-state index contributed by atoms with van der Waals surface area (Å²) in [5, 5.41) is 9.29. The maximum absolute atomic E-state index is 12.2. The summed E-state index contributed by atoms with van der Waals surface area (Å²) in [7, 11) is 3.95. The monoisotopic (exact) mass is 314 g/mol. The predicted molar refractivity (Wildman–Crippen MR) is 88.5 cm³/mol. The van der Waals surface area contributed by atoms with E-state index in [2.05, 4.69) is 44.7 Å². The summed E-state index contributed by atoms with van der Waals surface area (Å²) in [5.41, 5.74) is 2.88. The Morgan fingerprint density at radius 3 is 2.43 bits per heavy atom. The van der Waals surface area contributed by atoms with Crippen LogP contribution < -0.4 is 5.32 Å². The molecule has 0 aliphatic heterocycles. The number of carbonyl (C=O) groups is 2. The molecule has 23 heavy (non-hydrogen) atoms. The molecule has 0 saturated carbocycles. The molecule has 1 atom stereocenters. The highest BCUT2D eigenvalue weighted by atomic mass is 16.2. The number of aromatic amines is 1. The van der Waals surface area contributed by atoms with E-state index in [1.165, 1.54) is 18.6 Å². The molecule has 0 aliphatic rings. The maximum Gasteiger partial charge on any atom is 0.269 e.